The fourth-order valence-corrected chi connectivity index (χ4v) is 1.99. The molecule has 17 heavy (non-hydrogen) atoms. The van der Waals surface area contributed by atoms with E-state index in [2.05, 4.69) is 21.6 Å². The van der Waals surface area contributed by atoms with Crippen molar-refractivity contribution in [2.75, 3.05) is 12.0 Å². The average Bonchev–Trinajstić information content (AvgIpc) is 2.63. The van der Waals surface area contributed by atoms with Gasteiger partial charge in [0.25, 0.3) is 0 Å². The van der Waals surface area contributed by atoms with Gasteiger partial charge >= 0.3 is 110 Å². The summed E-state index contributed by atoms with van der Waals surface area (Å²) in [6.07, 6.45) is 1.13. The van der Waals surface area contributed by atoms with Crippen LogP contribution in [0.4, 0.5) is 4.79 Å². The van der Waals surface area contributed by atoms with Crippen molar-refractivity contribution in [2.24, 2.45) is 0 Å². The summed E-state index contributed by atoms with van der Waals surface area (Å²) in [6.45, 7) is 6.03. The second-order valence-corrected chi connectivity index (χ2v) is 5.47. The van der Waals surface area contributed by atoms with Gasteiger partial charge in [0.2, 0.25) is 0 Å². The van der Waals surface area contributed by atoms with Crippen molar-refractivity contribution in [2.45, 2.75) is 45.3 Å². The van der Waals surface area contributed by atoms with Gasteiger partial charge in [-0.15, -0.1) is 0 Å². The molecule has 0 spiro atoms. The van der Waals surface area contributed by atoms with E-state index in [1.54, 1.807) is 0 Å². The molecule has 1 fully saturated rings. The molecule has 1 unspecified atom stereocenters. The van der Waals surface area contributed by atoms with Gasteiger partial charge in [0.05, 0.1) is 0 Å². The van der Waals surface area contributed by atoms with Crippen molar-refractivity contribution < 1.29 is 30.6 Å². The standard InChI is InChI=1S/C11H19N2O3.Cr/c1-11(2,3)16-10(15)13-7-5-6-8(13)9(14)12-4;/h8H,4-7H2,1-3H3,(H,12,14);. The fraction of sp³-hybridized carbons (Fsp3) is 0.818. The summed E-state index contributed by atoms with van der Waals surface area (Å²) in [6, 6.07) is -0.391. The number of nitrogens with zero attached hydrogens (tertiary/aromatic N) is 1. The zero-order chi connectivity index (χ0) is 13.1. The van der Waals surface area contributed by atoms with Gasteiger partial charge in [0, 0.05) is 0 Å². The first-order valence-corrected chi connectivity index (χ1v) is 6.61. The Labute approximate surface area is 110 Å². The third-order valence-electron chi connectivity index (χ3n) is 2.43. The van der Waals surface area contributed by atoms with Crippen molar-refractivity contribution in [3.05, 3.63) is 0 Å². The van der Waals surface area contributed by atoms with Crippen LogP contribution in [-0.4, -0.2) is 40.5 Å². The minimum atomic E-state index is -0.529. The Hall–Kier alpha value is -0.728. The van der Waals surface area contributed by atoms with Crippen molar-refractivity contribution in [1.82, 2.24) is 10.2 Å². The monoisotopic (exact) mass is 279 g/mol. The van der Waals surface area contributed by atoms with E-state index >= 15 is 0 Å². The van der Waals surface area contributed by atoms with Gasteiger partial charge in [-0.25, -0.2) is 0 Å². The zero-order valence-corrected chi connectivity index (χ0v) is 11.8. The van der Waals surface area contributed by atoms with E-state index in [4.69, 9.17) is 4.74 Å². The molecule has 97 valence electrons. The van der Waals surface area contributed by atoms with E-state index in [0.29, 0.717) is 18.4 Å². The molecule has 0 aromatic carbocycles. The van der Waals surface area contributed by atoms with Gasteiger partial charge < -0.3 is 0 Å². The number of likely N-dealkylation sites (tertiary alicyclic amines) is 1. The molecule has 1 rings (SSSR count). The van der Waals surface area contributed by atoms with Crippen LogP contribution in [0.5, 0.6) is 0 Å². The number of hydrogen-bond acceptors (Lipinski definition) is 3. The number of carbonyl (C=O) groups is 2. The molecule has 1 aliphatic heterocycles. The van der Waals surface area contributed by atoms with E-state index in [9.17, 15) is 9.59 Å². The zero-order valence-electron chi connectivity index (χ0n) is 10.5. The molecule has 1 atom stereocenters. The van der Waals surface area contributed by atoms with Crippen LogP contribution in [0.1, 0.15) is 33.6 Å². The number of rotatable bonds is 2. The summed E-state index contributed by atoms with van der Waals surface area (Å²) >= 11 is 2.71. The molecule has 0 bridgehead atoms. The predicted molar refractivity (Wildman–Crippen MR) is 59.0 cm³/mol. The molecule has 0 saturated carbocycles. The Morgan fingerprint density at radius 1 is 1.47 bits per heavy atom. The molecule has 1 saturated heterocycles. The molecule has 1 aliphatic rings. The van der Waals surface area contributed by atoms with Crippen LogP contribution in [0.15, 0.2) is 0 Å². The van der Waals surface area contributed by atoms with Crippen LogP contribution in [0.25, 0.3) is 0 Å². The first-order chi connectivity index (χ1) is 7.85. The third-order valence-corrected chi connectivity index (χ3v) is 2.66. The number of hydrogen-bond donors (Lipinski definition) is 1. The Bertz CT molecular complexity index is 302. The predicted octanol–water partition coefficient (Wildman–Crippen LogP) is 1.01. The van der Waals surface area contributed by atoms with E-state index in [-0.39, 0.29) is 5.91 Å². The second kappa shape index (κ2) is 5.74. The topological polar surface area (TPSA) is 58.6 Å². The molecule has 0 aliphatic carbocycles. The summed E-state index contributed by atoms with van der Waals surface area (Å²) in [5.41, 5.74) is -0.529. The van der Waals surface area contributed by atoms with Crippen LogP contribution in [-0.2, 0) is 25.8 Å². The first kappa shape index (κ1) is 14.3. The van der Waals surface area contributed by atoms with Crippen LogP contribution in [0.2, 0.25) is 0 Å². The van der Waals surface area contributed by atoms with Gasteiger partial charge in [-0.3, -0.25) is 0 Å². The van der Waals surface area contributed by atoms with Gasteiger partial charge in [0.15, 0.2) is 0 Å². The van der Waals surface area contributed by atoms with Crippen molar-refractivity contribution >= 4 is 12.0 Å². The van der Waals surface area contributed by atoms with E-state index in [1.165, 1.54) is 4.90 Å². The van der Waals surface area contributed by atoms with Crippen LogP contribution in [0, 0.1) is 0 Å². The Morgan fingerprint density at radius 3 is 2.65 bits per heavy atom. The van der Waals surface area contributed by atoms with Gasteiger partial charge in [-0.1, -0.05) is 0 Å². The number of carbonyl (C=O) groups excluding carboxylic acids is 2. The number of amides is 2. The Morgan fingerprint density at radius 2 is 2.12 bits per heavy atom. The molecular formula is C11H19CrN2O3. The summed E-state index contributed by atoms with van der Waals surface area (Å²) in [7, 11) is 0. The Kier molecular flexibility index (Phi) is 4.84. The molecule has 1 N–H and O–H groups in total. The third kappa shape index (κ3) is 4.21. The summed E-state index contributed by atoms with van der Waals surface area (Å²) < 4.78 is 5.28. The van der Waals surface area contributed by atoms with Gasteiger partial charge in [-0.05, 0) is 0 Å². The first-order valence-electron chi connectivity index (χ1n) is 5.70. The molecule has 0 aromatic rings. The van der Waals surface area contributed by atoms with Gasteiger partial charge in [-0.2, -0.15) is 0 Å². The normalized spacial score (nSPS) is 20.2. The maximum absolute atomic E-state index is 11.9. The van der Waals surface area contributed by atoms with Crippen molar-refractivity contribution in [3.63, 3.8) is 0 Å². The van der Waals surface area contributed by atoms with Crippen LogP contribution < -0.4 is 5.32 Å². The molecule has 1 heterocycles. The van der Waals surface area contributed by atoms with Crippen molar-refractivity contribution in [3.8, 4) is 0 Å². The second-order valence-electron chi connectivity index (χ2n) is 5.02. The Balaban J connectivity index is 2.63. The quantitative estimate of drug-likeness (QED) is 0.820. The summed E-state index contributed by atoms with van der Waals surface area (Å²) in [4.78, 5) is 25.2. The number of ether oxygens (including phenoxy) is 1. The van der Waals surface area contributed by atoms with E-state index < -0.39 is 17.7 Å². The molecule has 2 amide bonds. The molecule has 0 aromatic heterocycles. The van der Waals surface area contributed by atoms with Crippen LogP contribution in [0.3, 0.4) is 0 Å². The van der Waals surface area contributed by atoms with E-state index in [1.807, 2.05) is 20.8 Å². The fourth-order valence-electron chi connectivity index (χ4n) is 1.77. The maximum atomic E-state index is 11.9. The summed E-state index contributed by atoms with van der Waals surface area (Å²) in [5, 5.41) is 3.15. The van der Waals surface area contributed by atoms with Crippen LogP contribution >= 0.6 is 0 Å². The number of nitrogens with one attached hydrogen (secondary N) is 1. The van der Waals surface area contributed by atoms with Crippen molar-refractivity contribution in [1.29, 1.82) is 0 Å². The molecule has 6 heteroatoms. The average molecular weight is 279 g/mol. The SMILES string of the molecule is CC(C)(C)OC(=O)N1CCCC1C(=O)N[CH2][Cr]. The molecule has 5 nitrogen and oxygen atoms in total. The summed E-state index contributed by atoms with van der Waals surface area (Å²) in [5.74, 6) is -0.118. The van der Waals surface area contributed by atoms with Gasteiger partial charge in [0.1, 0.15) is 0 Å². The molecule has 0 radical (unpaired) electrons. The minimum absolute atomic E-state index is 0.118. The van der Waals surface area contributed by atoms with E-state index in [0.717, 1.165) is 6.42 Å². The molecular weight excluding hydrogens is 260 g/mol.